The maximum Gasteiger partial charge on any atom is 0.237 e. The first kappa shape index (κ1) is 13.1. The molecular formula is C10H20N2O2. The molecule has 14 heavy (non-hydrogen) atoms. The van der Waals surface area contributed by atoms with Crippen molar-refractivity contribution in [1.29, 1.82) is 0 Å². The van der Waals surface area contributed by atoms with Gasteiger partial charge < -0.3 is 16.2 Å². The number of aliphatic hydroxyl groups is 1. The van der Waals surface area contributed by atoms with Crippen LogP contribution in [0.2, 0.25) is 0 Å². The second kappa shape index (κ2) is 6.56. The monoisotopic (exact) mass is 200 g/mol. The largest absolute Gasteiger partial charge is 0.394 e. The summed E-state index contributed by atoms with van der Waals surface area (Å²) < 4.78 is 0. The minimum Gasteiger partial charge on any atom is -0.394 e. The summed E-state index contributed by atoms with van der Waals surface area (Å²) in [5.74, 6) is -0.0440. The van der Waals surface area contributed by atoms with Gasteiger partial charge in [0, 0.05) is 0 Å². The van der Waals surface area contributed by atoms with Crippen LogP contribution in [0.3, 0.4) is 0 Å². The maximum absolute atomic E-state index is 11.4. The summed E-state index contributed by atoms with van der Waals surface area (Å²) in [6.45, 7) is 7.30. The van der Waals surface area contributed by atoms with E-state index in [2.05, 4.69) is 11.9 Å². The lowest BCUT2D eigenvalue weighted by Crippen LogP contribution is -2.48. The van der Waals surface area contributed by atoms with Gasteiger partial charge in [-0.2, -0.15) is 0 Å². The van der Waals surface area contributed by atoms with Crippen LogP contribution in [0.4, 0.5) is 0 Å². The Hall–Kier alpha value is -0.870. The van der Waals surface area contributed by atoms with E-state index >= 15 is 0 Å². The maximum atomic E-state index is 11.4. The second-order valence-corrected chi connectivity index (χ2v) is 3.67. The molecule has 0 radical (unpaired) electrons. The van der Waals surface area contributed by atoms with Crippen LogP contribution < -0.4 is 11.1 Å². The van der Waals surface area contributed by atoms with E-state index < -0.39 is 6.04 Å². The highest BCUT2D eigenvalue weighted by Gasteiger charge is 2.18. The van der Waals surface area contributed by atoms with E-state index in [0.717, 1.165) is 0 Å². The lowest BCUT2D eigenvalue weighted by atomic mass is 10.0. The second-order valence-electron chi connectivity index (χ2n) is 3.67. The molecule has 1 amide bonds. The van der Waals surface area contributed by atoms with Crippen molar-refractivity contribution >= 4 is 5.91 Å². The van der Waals surface area contributed by atoms with Crippen molar-refractivity contribution in [3.63, 3.8) is 0 Å². The number of hydrogen-bond donors (Lipinski definition) is 3. The smallest absolute Gasteiger partial charge is 0.237 e. The van der Waals surface area contributed by atoms with Gasteiger partial charge >= 0.3 is 0 Å². The molecule has 0 aromatic rings. The van der Waals surface area contributed by atoms with E-state index in [1.54, 1.807) is 6.08 Å². The summed E-state index contributed by atoms with van der Waals surface area (Å²) in [6.07, 6.45) is 2.05. The van der Waals surface area contributed by atoms with Crippen LogP contribution in [-0.4, -0.2) is 29.7 Å². The number of nitrogens with one attached hydrogen (secondary N) is 1. The quantitative estimate of drug-likeness (QED) is 0.529. The lowest BCUT2D eigenvalue weighted by Gasteiger charge is -2.21. The van der Waals surface area contributed by atoms with E-state index in [1.165, 1.54) is 0 Å². The first-order valence-corrected chi connectivity index (χ1v) is 4.80. The van der Waals surface area contributed by atoms with E-state index in [1.807, 2.05) is 13.8 Å². The average molecular weight is 200 g/mol. The molecule has 0 aliphatic rings. The van der Waals surface area contributed by atoms with Gasteiger partial charge in [-0.05, 0) is 12.3 Å². The third-order valence-corrected chi connectivity index (χ3v) is 2.09. The molecule has 0 aromatic heterocycles. The fourth-order valence-electron chi connectivity index (χ4n) is 0.999. The molecule has 0 fully saturated rings. The highest BCUT2D eigenvalue weighted by molar-refractivity contribution is 5.81. The molecule has 0 aromatic carbocycles. The lowest BCUT2D eigenvalue weighted by molar-refractivity contribution is -0.123. The van der Waals surface area contributed by atoms with Crippen molar-refractivity contribution in [2.75, 3.05) is 6.61 Å². The Labute approximate surface area is 85.2 Å². The first-order valence-electron chi connectivity index (χ1n) is 4.80. The topological polar surface area (TPSA) is 75.4 Å². The zero-order valence-corrected chi connectivity index (χ0v) is 8.86. The van der Waals surface area contributed by atoms with Crippen molar-refractivity contribution < 1.29 is 9.90 Å². The summed E-state index contributed by atoms with van der Waals surface area (Å²) in [4.78, 5) is 11.4. The van der Waals surface area contributed by atoms with Gasteiger partial charge in [0.2, 0.25) is 5.91 Å². The molecule has 0 spiro atoms. The summed E-state index contributed by atoms with van der Waals surface area (Å²) in [6, 6.07) is -0.793. The van der Waals surface area contributed by atoms with E-state index in [0.29, 0.717) is 6.42 Å². The molecule has 0 bridgehead atoms. The normalized spacial score (nSPS) is 14.9. The highest BCUT2D eigenvalue weighted by Crippen LogP contribution is 2.01. The Morgan fingerprint density at radius 3 is 2.57 bits per heavy atom. The molecule has 0 saturated carbocycles. The van der Waals surface area contributed by atoms with Crippen LogP contribution in [0.15, 0.2) is 12.7 Å². The molecular weight excluding hydrogens is 180 g/mol. The van der Waals surface area contributed by atoms with E-state index in [-0.39, 0.29) is 24.5 Å². The third-order valence-electron chi connectivity index (χ3n) is 2.09. The molecule has 0 rings (SSSR count). The number of carbonyl (C=O) groups is 1. The van der Waals surface area contributed by atoms with E-state index in [4.69, 9.17) is 10.8 Å². The van der Waals surface area contributed by atoms with E-state index in [9.17, 15) is 4.79 Å². The number of amides is 1. The van der Waals surface area contributed by atoms with Crippen LogP contribution in [0.25, 0.3) is 0 Å². The molecule has 4 heteroatoms. The SMILES string of the molecule is C=CCC(N)C(=O)NC(CO)C(C)C. The summed E-state index contributed by atoms with van der Waals surface area (Å²) in [7, 11) is 0. The van der Waals surface area contributed by atoms with Crippen LogP contribution in [-0.2, 0) is 4.79 Å². The Morgan fingerprint density at radius 2 is 2.21 bits per heavy atom. The molecule has 0 saturated heterocycles. The van der Waals surface area contributed by atoms with Gasteiger partial charge in [-0.1, -0.05) is 19.9 Å². The van der Waals surface area contributed by atoms with Gasteiger partial charge in [-0.3, -0.25) is 4.79 Å². The molecule has 0 heterocycles. The zero-order valence-electron chi connectivity index (χ0n) is 8.86. The predicted molar refractivity (Wildman–Crippen MR) is 56.6 cm³/mol. The molecule has 4 N–H and O–H groups in total. The summed E-state index contributed by atoms with van der Waals surface area (Å²) >= 11 is 0. The Bertz CT molecular complexity index is 193. The van der Waals surface area contributed by atoms with Gasteiger partial charge in [0.1, 0.15) is 0 Å². The van der Waals surface area contributed by atoms with Gasteiger partial charge in [-0.25, -0.2) is 0 Å². The minimum atomic E-state index is -0.569. The number of rotatable bonds is 6. The Kier molecular flexibility index (Phi) is 6.16. The summed E-state index contributed by atoms with van der Waals surface area (Å²) in [5, 5.41) is 11.7. The van der Waals surface area contributed by atoms with Crippen LogP contribution in [0, 0.1) is 5.92 Å². The predicted octanol–water partition coefficient (Wildman–Crippen LogP) is 0.0229. The standard InChI is InChI=1S/C10H20N2O2/c1-4-5-8(11)10(14)12-9(6-13)7(2)3/h4,7-9,13H,1,5-6,11H2,2-3H3,(H,12,14). The fourth-order valence-corrected chi connectivity index (χ4v) is 0.999. The number of hydrogen-bond acceptors (Lipinski definition) is 3. The van der Waals surface area contributed by atoms with Gasteiger partial charge in [0.15, 0.2) is 0 Å². The number of nitrogens with two attached hydrogens (primary N) is 1. The molecule has 2 atom stereocenters. The van der Waals surface area contributed by atoms with Crippen LogP contribution >= 0.6 is 0 Å². The van der Waals surface area contributed by atoms with Crippen molar-refractivity contribution in [2.45, 2.75) is 32.4 Å². The van der Waals surface area contributed by atoms with Crippen molar-refractivity contribution in [3.05, 3.63) is 12.7 Å². The average Bonchev–Trinajstić information content (AvgIpc) is 2.13. The molecule has 0 aliphatic carbocycles. The van der Waals surface area contributed by atoms with Crippen molar-refractivity contribution in [2.24, 2.45) is 11.7 Å². The summed E-state index contributed by atoms with van der Waals surface area (Å²) in [5.41, 5.74) is 5.57. The number of carbonyl (C=O) groups excluding carboxylic acids is 1. The van der Waals surface area contributed by atoms with Crippen LogP contribution in [0.5, 0.6) is 0 Å². The fraction of sp³-hybridized carbons (Fsp3) is 0.700. The molecule has 2 unspecified atom stereocenters. The van der Waals surface area contributed by atoms with Gasteiger partial charge in [0.05, 0.1) is 18.7 Å². The van der Waals surface area contributed by atoms with Crippen molar-refractivity contribution in [1.82, 2.24) is 5.32 Å². The Morgan fingerprint density at radius 1 is 1.64 bits per heavy atom. The molecule has 82 valence electrons. The zero-order chi connectivity index (χ0) is 11.1. The highest BCUT2D eigenvalue weighted by atomic mass is 16.3. The van der Waals surface area contributed by atoms with Crippen LogP contribution in [0.1, 0.15) is 20.3 Å². The first-order chi connectivity index (χ1) is 6.52. The van der Waals surface area contributed by atoms with Crippen molar-refractivity contribution in [3.8, 4) is 0 Å². The number of aliphatic hydroxyl groups excluding tert-OH is 1. The minimum absolute atomic E-state index is 0.0653. The molecule has 0 aliphatic heterocycles. The van der Waals surface area contributed by atoms with Gasteiger partial charge in [-0.15, -0.1) is 6.58 Å². The molecule has 4 nitrogen and oxygen atoms in total. The van der Waals surface area contributed by atoms with Gasteiger partial charge in [0.25, 0.3) is 0 Å². The third kappa shape index (κ3) is 4.39. The Balaban J connectivity index is 4.07.